The van der Waals surface area contributed by atoms with Gasteiger partial charge in [-0.1, -0.05) is 11.8 Å². The number of nitrogens with two attached hydrogens (primary N) is 2. The van der Waals surface area contributed by atoms with E-state index in [1.165, 1.54) is 25.9 Å². The predicted molar refractivity (Wildman–Crippen MR) is 97.0 cm³/mol. The quantitative estimate of drug-likeness (QED) is 0.794. The van der Waals surface area contributed by atoms with E-state index in [0.29, 0.717) is 11.4 Å². The van der Waals surface area contributed by atoms with E-state index < -0.39 is 0 Å². The number of nitrogen functional groups attached to an aromatic ring is 2. The highest BCUT2D eigenvalue weighted by molar-refractivity contribution is 7.99. The van der Waals surface area contributed by atoms with Gasteiger partial charge in [0.1, 0.15) is 12.4 Å². The molecule has 2 aromatic carbocycles. The molecule has 4 N–H and O–H groups in total. The second-order valence-corrected chi connectivity index (χ2v) is 6.91. The molecule has 0 bridgehead atoms. The summed E-state index contributed by atoms with van der Waals surface area (Å²) in [5.74, 6) is 0.922. The van der Waals surface area contributed by atoms with E-state index in [0.717, 1.165) is 28.7 Å². The van der Waals surface area contributed by atoms with Crippen LogP contribution in [0.15, 0.2) is 52.3 Å². The molecule has 0 aromatic heterocycles. The minimum absolute atomic E-state index is 0.621. The van der Waals surface area contributed by atoms with Gasteiger partial charge in [-0.3, -0.25) is 4.90 Å². The van der Waals surface area contributed by atoms with Crippen LogP contribution in [0.1, 0.15) is 12.8 Å². The van der Waals surface area contributed by atoms with Crippen molar-refractivity contribution in [1.82, 2.24) is 4.90 Å². The lowest BCUT2D eigenvalue weighted by molar-refractivity contribution is 0.237. The Morgan fingerprint density at radius 1 is 0.913 bits per heavy atom. The van der Waals surface area contributed by atoms with Crippen LogP contribution in [0, 0.1) is 0 Å². The molecule has 5 heteroatoms. The van der Waals surface area contributed by atoms with Gasteiger partial charge in [0, 0.05) is 16.3 Å². The van der Waals surface area contributed by atoms with Crippen molar-refractivity contribution in [3.8, 4) is 5.75 Å². The number of hydrogen-bond acceptors (Lipinski definition) is 5. The van der Waals surface area contributed by atoms with Gasteiger partial charge in [0.2, 0.25) is 0 Å². The summed E-state index contributed by atoms with van der Waals surface area (Å²) in [5.41, 5.74) is 12.8. The third-order valence-corrected chi connectivity index (χ3v) is 4.99. The Balaban J connectivity index is 1.50. The maximum Gasteiger partial charge on any atom is 0.119 e. The topological polar surface area (TPSA) is 64.5 Å². The molecule has 23 heavy (non-hydrogen) atoms. The van der Waals surface area contributed by atoms with Crippen molar-refractivity contribution in [3.05, 3.63) is 42.5 Å². The Morgan fingerprint density at radius 2 is 1.61 bits per heavy atom. The molecule has 0 atom stereocenters. The van der Waals surface area contributed by atoms with Crippen molar-refractivity contribution in [2.75, 3.05) is 37.7 Å². The Bertz CT molecular complexity index is 639. The van der Waals surface area contributed by atoms with Gasteiger partial charge < -0.3 is 16.2 Å². The van der Waals surface area contributed by atoms with Crippen molar-refractivity contribution < 1.29 is 4.74 Å². The van der Waals surface area contributed by atoms with Crippen molar-refractivity contribution in [3.63, 3.8) is 0 Å². The smallest absolute Gasteiger partial charge is 0.119 e. The summed E-state index contributed by atoms with van der Waals surface area (Å²) < 4.78 is 5.82. The van der Waals surface area contributed by atoms with Crippen LogP contribution in [0.4, 0.5) is 11.4 Å². The molecule has 122 valence electrons. The van der Waals surface area contributed by atoms with Crippen LogP contribution >= 0.6 is 11.8 Å². The normalized spacial score (nSPS) is 15.0. The van der Waals surface area contributed by atoms with E-state index in [1.54, 1.807) is 11.8 Å². The highest BCUT2D eigenvalue weighted by atomic mass is 32.2. The maximum atomic E-state index is 5.84. The largest absolute Gasteiger partial charge is 0.492 e. The summed E-state index contributed by atoms with van der Waals surface area (Å²) in [4.78, 5) is 4.69. The zero-order chi connectivity index (χ0) is 16.1. The number of likely N-dealkylation sites (tertiary alicyclic amines) is 1. The molecule has 0 radical (unpaired) electrons. The van der Waals surface area contributed by atoms with E-state index in [4.69, 9.17) is 16.2 Å². The fraction of sp³-hybridized carbons (Fsp3) is 0.333. The van der Waals surface area contributed by atoms with Gasteiger partial charge in [-0.2, -0.15) is 0 Å². The van der Waals surface area contributed by atoms with Crippen LogP contribution in [-0.2, 0) is 0 Å². The third-order valence-electron chi connectivity index (χ3n) is 3.99. The highest BCUT2D eigenvalue weighted by Crippen LogP contribution is 2.31. The average molecular weight is 329 g/mol. The summed E-state index contributed by atoms with van der Waals surface area (Å²) in [6.45, 7) is 4.19. The molecule has 1 aliphatic heterocycles. The lowest BCUT2D eigenvalue weighted by Crippen LogP contribution is -2.25. The number of benzene rings is 2. The average Bonchev–Trinajstić information content (AvgIpc) is 3.06. The summed E-state index contributed by atoms with van der Waals surface area (Å²) in [5, 5.41) is 0. The fourth-order valence-electron chi connectivity index (χ4n) is 2.66. The molecule has 0 spiro atoms. The molecule has 0 unspecified atom stereocenters. The molecule has 0 amide bonds. The summed E-state index contributed by atoms with van der Waals surface area (Å²) in [6.07, 6.45) is 2.64. The second kappa shape index (κ2) is 7.62. The zero-order valence-electron chi connectivity index (χ0n) is 13.2. The monoisotopic (exact) mass is 329 g/mol. The molecule has 1 saturated heterocycles. The molecule has 2 aromatic rings. The van der Waals surface area contributed by atoms with Gasteiger partial charge in [0.15, 0.2) is 0 Å². The fourth-order valence-corrected chi connectivity index (χ4v) is 3.52. The zero-order valence-corrected chi connectivity index (χ0v) is 14.0. The standard InChI is InChI=1S/C18H23N3OS/c19-17-8-7-16(13-18(17)20)23-15-5-3-14(4-6-15)22-12-11-21-9-1-2-10-21/h3-8,13H,1-2,9-12,19-20H2. The van der Waals surface area contributed by atoms with Gasteiger partial charge >= 0.3 is 0 Å². The van der Waals surface area contributed by atoms with E-state index in [9.17, 15) is 0 Å². The van der Waals surface area contributed by atoms with Gasteiger partial charge in [0.25, 0.3) is 0 Å². The first-order valence-electron chi connectivity index (χ1n) is 7.99. The van der Waals surface area contributed by atoms with Crippen LogP contribution < -0.4 is 16.2 Å². The Kier molecular flexibility index (Phi) is 5.31. The molecule has 0 saturated carbocycles. The van der Waals surface area contributed by atoms with E-state index in [2.05, 4.69) is 17.0 Å². The molecule has 1 aliphatic rings. The van der Waals surface area contributed by atoms with Crippen LogP contribution in [0.5, 0.6) is 5.75 Å². The number of hydrogen-bond donors (Lipinski definition) is 2. The SMILES string of the molecule is Nc1ccc(Sc2ccc(OCCN3CCCC3)cc2)cc1N. The van der Waals surface area contributed by atoms with Crippen LogP contribution in [0.3, 0.4) is 0 Å². The van der Waals surface area contributed by atoms with Crippen molar-refractivity contribution >= 4 is 23.1 Å². The van der Waals surface area contributed by atoms with Crippen molar-refractivity contribution in [1.29, 1.82) is 0 Å². The van der Waals surface area contributed by atoms with Crippen LogP contribution in [0.2, 0.25) is 0 Å². The Hall–Kier alpha value is -1.85. The first-order valence-corrected chi connectivity index (χ1v) is 8.80. The van der Waals surface area contributed by atoms with E-state index in [-0.39, 0.29) is 0 Å². The van der Waals surface area contributed by atoms with Gasteiger partial charge in [-0.25, -0.2) is 0 Å². The van der Waals surface area contributed by atoms with Crippen LogP contribution in [0.25, 0.3) is 0 Å². The molecular weight excluding hydrogens is 306 g/mol. The molecular formula is C18H23N3OS. The Labute approximate surface area is 141 Å². The molecule has 0 aliphatic carbocycles. The number of rotatable bonds is 6. The lowest BCUT2D eigenvalue weighted by Gasteiger charge is -2.15. The number of ether oxygens (including phenoxy) is 1. The molecule has 4 nitrogen and oxygen atoms in total. The highest BCUT2D eigenvalue weighted by Gasteiger charge is 2.10. The first-order chi connectivity index (χ1) is 11.2. The second-order valence-electron chi connectivity index (χ2n) is 5.76. The van der Waals surface area contributed by atoms with Gasteiger partial charge in [-0.15, -0.1) is 0 Å². The third kappa shape index (κ3) is 4.56. The van der Waals surface area contributed by atoms with Crippen molar-refractivity contribution in [2.45, 2.75) is 22.6 Å². The summed E-state index contributed by atoms with van der Waals surface area (Å²) >= 11 is 1.66. The summed E-state index contributed by atoms with van der Waals surface area (Å²) in [7, 11) is 0. The molecule has 3 rings (SSSR count). The number of nitrogens with zero attached hydrogens (tertiary/aromatic N) is 1. The van der Waals surface area contributed by atoms with Gasteiger partial charge in [0.05, 0.1) is 11.4 Å². The maximum absolute atomic E-state index is 5.84. The predicted octanol–water partition coefficient (Wildman–Crippen LogP) is 3.48. The minimum atomic E-state index is 0.621. The summed E-state index contributed by atoms with van der Waals surface area (Å²) in [6, 6.07) is 13.9. The first kappa shape index (κ1) is 16.0. The van der Waals surface area contributed by atoms with E-state index in [1.807, 2.05) is 30.3 Å². The molecule has 1 heterocycles. The van der Waals surface area contributed by atoms with Crippen LogP contribution in [-0.4, -0.2) is 31.1 Å². The molecule has 1 fully saturated rings. The van der Waals surface area contributed by atoms with E-state index >= 15 is 0 Å². The Morgan fingerprint density at radius 3 is 2.30 bits per heavy atom. The minimum Gasteiger partial charge on any atom is -0.492 e. The lowest BCUT2D eigenvalue weighted by atomic mass is 10.3. The van der Waals surface area contributed by atoms with Gasteiger partial charge in [-0.05, 0) is 68.4 Å². The number of anilines is 2. The van der Waals surface area contributed by atoms with Crippen molar-refractivity contribution in [2.24, 2.45) is 0 Å².